The van der Waals surface area contributed by atoms with Crippen molar-refractivity contribution in [2.75, 3.05) is 5.32 Å². The first-order valence-corrected chi connectivity index (χ1v) is 9.57. The smallest absolute Gasteiger partial charge is 0.255 e. The second kappa shape index (κ2) is 7.43. The molecule has 2 aliphatic rings. The minimum absolute atomic E-state index is 0.120. The van der Waals surface area contributed by atoms with E-state index in [-0.39, 0.29) is 17.6 Å². The summed E-state index contributed by atoms with van der Waals surface area (Å²) in [6.45, 7) is 3.93. The summed E-state index contributed by atoms with van der Waals surface area (Å²) in [5.74, 6) is 0.00715. The summed E-state index contributed by atoms with van der Waals surface area (Å²) in [6, 6.07) is 13.4. The number of hydrogen-bond acceptors (Lipinski definition) is 4. The topological polar surface area (TPSA) is 71.1 Å². The maximum Gasteiger partial charge on any atom is 0.255 e. The molecule has 0 radical (unpaired) electrons. The first-order valence-electron chi connectivity index (χ1n) is 9.57. The first kappa shape index (κ1) is 18.2. The third kappa shape index (κ3) is 3.36. The van der Waals surface area contributed by atoms with Crippen molar-refractivity contribution in [2.24, 2.45) is 0 Å². The molecule has 1 aliphatic carbocycles. The lowest BCUT2D eigenvalue weighted by atomic mass is 9.75. The quantitative estimate of drug-likeness (QED) is 0.853. The third-order valence-corrected chi connectivity index (χ3v) is 5.34. The number of benzene rings is 1. The van der Waals surface area contributed by atoms with Gasteiger partial charge in [-0.15, -0.1) is 0 Å². The molecule has 5 heteroatoms. The monoisotopic (exact) mass is 373 g/mol. The summed E-state index contributed by atoms with van der Waals surface area (Å²) in [4.78, 5) is 30.3. The Bertz CT molecular complexity index is 988. The van der Waals surface area contributed by atoms with Crippen LogP contribution in [0.1, 0.15) is 43.2 Å². The molecule has 1 unspecified atom stereocenters. The van der Waals surface area contributed by atoms with Crippen molar-refractivity contribution in [2.45, 2.75) is 39.0 Å². The van der Waals surface area contributed by atoms with Gasteiger partial charge in [0, 0.05) is 41.1 Å². The fourth-order valence-electron chi connectivity index (χ4n) is 4.00. The second-order valence-electron chi connectivity index (χ2n) is 7.35. The van der Waals surface area contributed by atoms with Gasteiger partial charge in [-0.05, 0) is 44.4 Å². The number of nitrogens with one attached hydrogen (secondary N) is 2. The predicted octanol–water partition coefficient (Wildman–Crippen LogP) is 4.00. The van der Waals surface area contributed by atoms with Gasteiger partial charge in [-0.25, -0.2) is 4.98 Å². The zero-order chi connectivity index (χ0) is 19.7. The van der Waals surface area contributed by atoms with E-state index in [1.807, 2.05) is 44.2 Å². The molecule has 1 atom stereocenters. The zero-order valence-electron chi connectivity index (χ0n) is 16.1. The largest absolute Gasteiger partial charge is 0.362 e. The lowest BCUT2D eigenvalue weighted by molar-refractivity contribution is -0.116. The van der Waals surface area contributed by atoms with Crippen molar-refractivity contribution in [3.05, 3.63) is 82.3 Å². The minimum Gasteiger partial charge on any atom is -0.362 e. The second-order valence-corrected chi connectivity index (χ2v) is 7.35. The number of Topliss-reactive ketones (excluding diaryl/α,β-unsaturated/α-hetero) is 1. The summed E-state index contributed by atoms with van der Waals surface area (Å²) in [7, 11) is 0. The molecule has 0 bridgehead atoms. The minimum atomic E-state index is -0.367. The summed E-state index contributed by atoms with van der Waals surface area (Å²) in [5, 5.41) is 6.22. The Hall–Kier alpha value is -3.21. The summed E-state index contributed by atoms with van der Waals surface area (Å²) < 4.78 is 0. The van der Waals surface area contributed by atoms with Crippen molar-refractivity contribution >= 4 is 17.5 Å². The van der Waals surface area contributed by atoms with E-state index in [0.717, 1.165) is 40.9 Å². The molecule has 0 saturated carbocycles. The molecule has 2 aromatic rings. The van der Waals surface area contributed by atoms with Crippen LogP contribution < -0.4 is 10.6 Å². The molecule has 0 saturated heterocycles. The van der Waals surface area contributed by atoms with Crippen LogP contribution in [0.2, 0.25) is 0 Å². The number of pyridine rings is 1. The van der Waals surface area contributed by atoms with Crippen LogP contribution in [-0.4, -0.2) is 16.7 Å². The van der Waals surface area contributed by atoms with Crippen LogP contribution in [0.15, 0.2) is 71.2 Å². The SMILES string of the molecule is CC1=C(C(=O)Nc2ccccn2)C(c2ccc(C)cc2)C2=C(CCCC2=O)N1. The maximum absolute atomic E-state index is 13.2. The van der Waals surface area contributed by atoms with E-state index in [1.165, 1.54) is 0 Å². The highest BCUT2D eigenvalue weighted by atomic mass is 16.2. The number of ketones is 1. The third-order valence-electron chi connectivity index (χ3n) is 5.34. The Morgan fingerprint density at radius 2 is 1.89 bits per heavy atom. The molecular weight excluding hydrogens is 350 g/mol. The van der Waals surface area contributed by atoms with Crippen LogP contribution >= 0.6 is 0 Å². The Labute approximate surface area is 164 Å². The van der Waals surface area contributed by atoms with E-state index in [2.05, 4.69) is 15.6 Å². The van der Waals surface area contributed by atoms with Gasteiger partial charge in [-0.1, -0.05) is 35.9 Å². The maximum atomic E-state index is 13.2. The molecule has 0 spiro atoms. The van der Waals surface area contributed by atoms with E-state index in [4.69, 9.17) is 0 Å². The molecule has 142 valence electrons. The van der Waals surface area contributed by atoms with E-state index in [9.17, 15) is 9.59 Å². The number of rotatable bonds is 3. The average Bonchev–Trinajstić information content (AvgIpc) is 2.68. The molecule has 0 fully saturated rings. The van der Waals surface area contributed by atoms with Crippen molar-refractivity contribution in [3.8, 4) is 0 Å². The van der Waals surface area contributed by atoms with Gasteiger partial charge in [0.2, 0.25) is 0 Å². The Morgan fingerprint density at radius 3 is 2.61 bits per heavy atom. The number of carbonyl (C=O) groups excluding carboxylic acids is 2. The van der Waals surface area contributed by atoms with Crippen LogP contribution in [0.3, 0.4) is 0 Å². The van der Waals surface area contributed by atoms with Gasteiger partial charge in [0.15, 0.2) is 5.78 Å². The van der Waals surface area contributed by atoms with Crippen molar-refractivity contribution in [1.82, 2.24) is 10.3 Å². The lowest BCUT2D eigenvalue weighted by Crippen LogP contribution is -2.35. The van der Waals surface area contributed by atoms with Gasteiger partial charge in [0.05, 0.1) is 0 Å². The fourth-order valence-corrected chi connectivity index (χ4v) is 4.00. The summed E-state index contributed by atoms with van der Waals surface area (Å²) >= 11 is 0. The number of allylic oxidation sites excluding steroid dienone is 3. The first-order chi connectivity index (χ1) is 13.5. The Kier molecular flexibility index (Phi) is 4.82. The number of dihydropyridines is 1. The van der Waals surface area contributed by atoms with Crippen molar-refractivity contribution in [3.63, 3.8) is 0 Å². The van der Waals surface area contributed by atoms with E-state index in [1.54, 1.807) is 18.3 Å². The summed E-state index contributed by atoms with van der Waals surface area (Å²) in [6.07, 6.45) is 3.83. The van der Waals surface area contributed by atoms with E-state index >= 15 is 0 Å². The number of aryl methyl sites for hydroxylation is 1. The standard InChI is InChI=1S/C23H23N3O2/c1-14-9-11-16(12-10-14)21-20(23(28)26-19-8-3-4-13-24-19)15(2)25-17-6-5-7-18(27)22(17)21/h3-4,8-13,21,25H,5-7H2,1-2H3,(H,24,26,28). The van der Waals surface area contributed by atoms with Crippen LogP contribution in [0.25, 0.3) is 0 Å². The average molecular weight is 373 g/mol. The van der Waals surface area contributed by atoms with E-state index in [0.29, 0.717) is 17.8 Å². The number of carbonyl (C=O) groups is 2. The van der Waals surface area contributed by atoms with Gasteiger partial charge in [0.1, 0.15) is 5.82 Å². The Balaban J connectivity index is 1.79. The number of aromatic nitrogens is 1. The number of amides is 1. The van der Waals surface area contributed by atoms with E-state index < -0.39 is 0 Å². The van der Waals surface area contributed by atoms with Crippen LogP contribution in [0, 0.1) is 6.92 Å². The van der Waals surface area contributed by atoms with Gasteiger partial charge < -0.3 is 10.6 Å². The summed E-state index contributed by atoms with van der Waals surface area (Å²) in [5.41, 5.74) is 5.14. The molecule has 1 aliphatic heterocycles. The van der Waals surface area contributed by atoms with Crippen molar-refractivity contribution < 1.29 is 9.59 Å². The Morgan fingerprint density at radius 1 is 1.11 bits per heavy atom. The van der Waals surface area contributed by atoms with Crippen LogP contribution in [-0.2, 0) is 9.59 Å². The van der Waals surface area contributed by atoms with Gasteiger partial charge in [-0.2, -0.15) is 0 Å². The molecule has 1 aromatic carbocycles. The number of hydrogen-bond donors (Lipinski definition) is 2. The van der Waals surface area contributed by atoms with Crippen LogP contribution in [0.4, 0.5) is 5.82 Å². The highest BCUT2D eigenvalue weighted by molar-refractivity contribution is 6.09. The van der Waals surface area contributed by atoms with Gasteiger partial charge in [0.25, 0.3) is 5.91 Å². The molecule has 2 heterocycles. The molecule has 4 rings (SSSR count). The molecule has 2 N–H and O–H groups in total. The molecule has 5 nitrogen and oxygen atoms in total. The highest BCUT2D eigenvalue weighted by Crippen LogP contribution is 2.42. The predicted molar refractivity (Wildman–Crippen MR) is 109 cm³/mol. The number of anilines is 1. The van der Waals surface area contributed by atoms with Crippen molar-refractivity contribution in [1.29, 1.82) is 0 Å². The molecule has 1 aromatic heterocycles. The normalized spacial score (nSPS) is 19.2. The fraction of sp³-hybridized carbons (Fsp3) is 0.261. The van der Waals surface area contributed by atoms with Crippen LogP contribution in [0.5, 0.6) is 0 Å². The highest BCUT2D eigenvalue weighted by Gasteiger charge is 2.38. The molecule has 28 heavy (non-hydrogen) atoms. The number of nitrogens with zero attached hydrogens (tertiary/aromatic N) is 1. The van der Waals surface area contributed by atoms with Gasteiger partial charge >= 0.3 is 0 Å². The lowest BCUT2D eigenvalue weighted by Gasteiger charge is -2.34. The zero-order valence-corrected chi connectivity index (χ0v) is 16.1. The molecule has 1 amide bonds. The van der Waals surface area contributed by atoms with Gasteiger partial charge in [-0.3, -0.25) is 9.59 Å². The molecular formula is C23H23N3O2.